The second kappa shape index (κ2) is 10.6. The number of rotatable bonds is 4. The van der Waals surface area contributed by atoms with Gasteiger partial charge in [-0.25, -0.2) is 9.97 Å². The number of hydrogen-bond donors (Lipinski definition) is 0. The van der Waals surface area contributed by atoms with Crippen LogP contribution in [0.5, 0.6) is 0 Å². The first-order valence-electron chi connectivity index (χ1n) is 15.0. The fourth-order valence-corrected chi connectivity index (χ4v) is 7.92. The third-order valence-corrected chi connectivity index (χ3v) is 9.98. The molecule has 0 atom stereocenters. The average molecular weight is 583 g/mol. The van der Waals surface area contributed by atoms with E-state index in [2.05, 4.69) is 141 Å². The van der Waals surface area contributed by atoms with Gasteiger partial charge in [-0.05, 0) is 51.6 Å². The van der Waals surface area contributed by atoms with Gasteiger partial charge in [0.2, 0.25) is 0 Å². The van der Waals surface area contributed by atoms with Crippen LogP contribution < -0.4 is 0 Å². The summed E-state index contributed by atoms with van der Waals surface area (Å²) in [4.78, 5) is 12.7. The molecule has 1 aliphatic heterocycles. The maximum Gasteiger partial charge on any atom is 0.160 e. The molecule has 3 heteroatoms. The van der Waals surface area contributed by atoms with Crippen molar-refractivity contribution in [1.29, 1.82) is 0 Å². The zero-order valence-corrected chi connectivity index (χ0v) is 25.5. The number of fused-ring (bicyclic) bond motifs is 3. The Hall–Kier alpha value is -4.99. The van der Waals surface area contributed by atoms with Gasteiger partial charge < -0.3 is 0 Å². The summed E-state index contributed by atoms with van der Waals surface area (Å²) in [6.45, 7) is 4.68. The van der Waals surface area contributed by atoms with Crippen molar-refractivity contribution < 1.29 is 0 Å². The summed E-state index contributed by atoms with van der Waals surface area (Å²) in [5.41, 5.74) is 11.6. The van der Waals surface area contributed by atoms with E-state index in [4.69, 9.17) is 9.97 Å². The lowest BCUT2D eigenvalue weighted by Crippen LogP contribution is -2.23. The van der Waals surface area contributed by atoms with E-state index in [-0.39, 0.29) is 5.41 Å². The minimum Gasteiger partial charge on any atom is -0.228 e. The lowest BCUT2D eigenvalue weighted by atomic mass is 9.77. The van der Waals surface area contributed by atoms with Gasteiger partial charge in [0.1, 0.15) is 0 Å². The van der Waals surface area contributed by atoms with E-state index in [0.717, 1.165) is 33.5 Å². The Balaban J connectivity index is 1.16. The Morgan fingerprint density at radius 1 is 0.500 bits per heavy atom. The second-order valence-corrected chi connectivity index (χ2v) is 12.9. The summed E-state index contributed by atoms with van der Waals surface area (Å²) >= 11 is 1.89. The highest BCUT2D eigenvalue weighted by Crippen LogP contribution is 2.52. The standard InChI is InChI=1S/C41H30N2S/c1-41(2)34-18-7-9-21-37(34)44-39-32(17-11-19-35(39)41)31-15-10-14-30(26-31)27-22-24-29(25-23-27)40-42-36-20-8-6-16-33(36)38(43-40)28-12-4-3-5-13-28/h3-26H,1-2H3. The first-order valence-corrected chi connectivity index (χ1v) is 15.8. The first-order chi connectivity index (χ1) is 21.6. The van der Waals surface area contributed by atoms with Crippen LogP contribution in [0.4, 0.5) is 0 Å². The largest absolute Gasteiger partial charge is 0.228 e. The van der Waals surface area contributed by atoms with Crippen LogP contribution in [0.25, 0.3) is 55.8 Å². The molecule has 0 amide bonds. The van der Waals surface area contributed by atoms with Crippen molar-refractivity contribution in [3.8, 4) is 44.9 Å². The minimum absolute atomic E-state index is 0.0498. The van der Waals surface area contributed by atoms with Gasteiger partial charge in [0.25, 0.3) is 0 Å². The smallest absolute Gasteiger partial charge is 0.160 e. The molecule has 8 rings (SSSR count). The Morgan fingerprint density at radius 2 is 1.16 bits per heavy atom. The molecule has 2 nitrogen and oxygen atoms in total. The lowest BCUT2D eigenvalue weighted by Gasteiger charge is -2.35. The summed E-state index contributed by atoms with van der Waals surface area (Å²) in [5.74, 6) is 0.735. The lowest BCUT2D eigenvalue weighted by molar-refractivity contribution is 0.608. The monoisotopic (exact) mass is 582 g/mol. The number of nitrogens with zero attached hydrogens (tertiary/aromatic N) is 2. The van der Waals surface area contributed by atoms with Crippen molar-refractivity contribution in [3.63, 3.8) is 0 Å². The maximum absolute atomic E-state index is 5.05. The van der Waals surface area contributed by atoms with Gasteiger partial charge in [0.15, 0.2) is 5.82 Å². The molecule has 0 aliphatic carbocycles. The summed E-state index contributed by atoms with van der Waals surface area (Å²) in [5, 5.41) is 1.06. The third-order valence-electron chi connectivity index (χ3n) is 8.76. The molecule has 1 aromatic heterocycles. The van der Waals surface area contributed by atoms with Gasteiger partial charge in [-0.15, -0.1) is 0 Å². The molecule has 0 radical (unpaired) electrons. The zero-order chi connectivity index (χ0) is 29.7. The van der Waals surface area contributed by atoms with Crippen LogP contribution in [-0.2, 0) is 5.41 Å². The average Bonchev–Trinajstić information content (AvgIpc) is 3.08. The summed E-state index contributed by atoms with van der Waals surface area (Å²) in [7, 11) is 0. The van der Waals surface area contributed by atoms with Crippen LogP contribution in [-0.4, -0.2) is 9.97 Å². The van der Waals surface area contributed by atoms with Crippen molar-refractivity contribution in [1.82, 2.24) is 9.97 Å². The Kier molecular flexibility index (Phi) is 6.43. The molecule has 0 fully saturated rings. The molecule has 7 aromatic rings. The van der Waals surface area contributed by atoms with Crippen molar-refractivity contribution in [2.24, 2.45) is 0 Å². The molecular formula is C41H30N2S. The Morgan fingerprint density at radius 3 is 2.02 bits per heavy atom. The molecule has 0 bridgehead atoms. The van der Waals surface area contributed by atoms with Gasteiger partial charge in [-0.1, -0.05) is 153 Å². The van der Waals surface area contributed by atoms with Crippen molar-refractivity contribution >= 4 is 22.7 Å². The van der Waals surface area contributed by atoms with Crippen LogP contribution >= 0.6 is 11.8 Å². The number of benzene rings is 6. The SMILES string of the molecule is CC1(C)c2ccccc2Sc2c(-c3cccc(-c4ccc(-c5nc(-c6ccccc6)c6ccccc6n5)cc4)c3)cccc21. The van der Waals surface area contributed by atoms with Crippen LogP contribution in [0.15, 0.2) is 155 Å². The second-order valence-electron chi connectivity index (χ2n) is 11.8. The summed E-state index contributed by atoms with van der Waals surface area (Å²) in [6, 6.07) is 51.7. The van der Waals surface area contributed by atoms with Crippen LogP contribution in [0.2, 0.25) is 0 Å². The normalized spacial score (nSPS) is 13.3. The van der Waals surface area contributed by atoms with E-state index in [1.807, 2.05) is 30.0 Å². The highest BCUT2D eigenvalue weighted by molar-refractivity contribution is 7.99. The van der Waals surface area contributed by atoms with Gasteiger partial charge >= 0.3 is 0 Å². The predicted molar refractivity (Wildman–Crippen MR) is 184 cm³/mol. The molecule has 210 valence electrons. The number of para-hydroxylation sites is 1. The van der Waals surface area contributed by atoms with Crippen LogP contribution in [0.3, 0.4) is 0 Å². The molecule has 44 heavy (non-hydrogen) atoms. The van der Waals surface area contributed by atoms with Crippen molar-refractivity contribution in [3.05, 3.63) is 157 Å². The fraction of sp³-hybridized carbons (Fsp3) is 0.0732. The highest BCUT2D eigenvalue weighted by atomic mass is 32.2. The van der Waals surface area contributed by atoms with E-state index in [1.165, 1.54) is 43.2 Å². The van der Waals surface area contributed by atoms with E-state index < -0.39 is 0 Å². The molecule has 6 aromatic carbocycles. The Labute approximate surface area is 262 Å². The predicted octanol–water partition coefficient (Wildman–Crippen LogP) is 11.1. The molecule has 0 unspecified atom stereocenters. The molecule has 0 spiro atoms. The zero-order valence-electron chi connectivity index (χ0n) is 24.7. The fourth-order valence-electron chi connectivity index (χ4n) is 6.39. The molecule has 0 saturated carbocycles. The van der Waals surface area contributed by atoms with Gasteiger partial charge in [0, 0.05) is 31.7 Å². The van der Waals surface area contributed by atoms with E-state index >= 15 is 0 Å². The third kappa shape index (κ3) is 4.52. The molecule has 1 aliphatic rings. The van der Waals surface area contributed by atoms with Crippen LogP contribution in [0.1, 0.15) is 25.0 Å². The van der Waals surface area contributed by atoms with Gasteiger partial charge in [-0.3, -0.25) is 0 Å². The van der Waals surface area contributed by atoms with E-state index in [9.17, 15) is 0 Å². The molecule has 2 heterocycles. The van der Waals surface area contributed by atoms with Gasteiger partial charge in [0.05, 0.1) is 11.2 Å². The maximum atomic E-state index is 5.05. The Bertz CT molecular complexity index is 2160. The van der Waals surface area contributed by atoms with E-state index in [1.54, 1.807) is 0 Å². The van der Waals surface area contributed by atoms with Crippen LogP contribution in [0, 0.1) is 0 Å². The molecule has 0 saturated heterocycles. The topological polar surface area (TPSA) is 25.8 Å². The van der Waals surface area contributed by atoms with Crippen molar-refractivity contribution in [2.75, 3.05) is 0 Å². The summed E-state index contributed by atoms with van der Waals surface area (Å²) < 4.78 is 0. The summed E-state index contributed by atoms with van der Waals surface area (Å²) in [6.07, 6.45) is 0. The van der Waals surface area contributed by atoms with Crippen molar-refractivity contribution in [2.45, 2.75) is 29.1 Å². The first kappa shape index (κ1) is 26.6. The van der Waals surface area contributed by atoms with Gasteiger partial charge in [-0.2, -0.15) is 0 Å². The number of hydrogen-bond acceptors (Lipinski definition) is 3. The molecular weight excluding hydrogens is 553 g/mol. The highest BCUT2D eigenvalue weighted by Gasteiger charge is 2.34. The van der Waals surface area contributed by atoms with E-state index in [0.29, 0.717) is 0 Å². The minimum atomic E-state index is -0.0498. The number of aromatic nitrogens is 2. The quantitative estimate of drug-likeness (QED) is 0.206. The molecule has 0 N–H and O–H groups in total.